The van der Waals surface area contributed by atoms with Gasteiger partial charge in [-0.25, -0.2) is 14.2 Å². The molecule has 0 N–H and O–H groups in total. The fourth-order valence-corrected chi connectivity index (χ4v) is 1.81. The van der Waals surface area contributed by atoms with Crippen LogP contribution in [0.3, 0.4) is 0 Å². The molecule has 1 aromatic carbocycles. The maximum Gasteiger partial charge on any atom is 0.225 e. The molecule has 0 saturated heterocycles. The van der Waals surface area contributed by atoms with Crippen LogP contribution in [-0.2, 0) is 0 Å². The highest BCUT2D eigenvalue weighted by molar-refractivity contribution is 6.36. The summed E-state index contributed by atoms with van der Waals surface area (Å²) < 4.78 is 13.6. The minimum absolute atomic E-state index is 0.0163. The zero-order valence-electron chi connectivity index (χ0n) is 8.42. The average Bonchev–Trinajstić information content (AvgIpc) is 2.32. The van der Waals surface area contributed by atoms with Crippen molar-refractivity contribution in [3.05, 3.63) is 57.7 Å². The smallest absolute Gasteiger partial charge is 0.225 e. The van der Waals surface area contributed by atoms with E-state index in [-0.39, 0.29) is 27.1 Å². The zero-order valence-corrected chi connectivity index (χ0v) is 9.93. The Labute approximate surface area is 107 Å². The van der Waals surface area contributed by atoms with Gasteiger partial charge in [0.1, 0.15) is 11.0 Å². The Bertz CT molecular complexity index is 620. The van der Waals surface area contributed by atoms with Gasteiger partial charge in [0, 0.05) is 5.56 Å². The lowest BCUT2D eigenvalue weighted by molar-refractivity contribution is 0.631. The molecule has 0 spiro atoms. The van der Waals surface area contributed by atoms with Crippen molar-refractivity contribution < 1.29 is 4.39 Å². The van der Waals surface area contributed by atoms with Crippen molar-refractivity contribution in [2.24, 2.45) is 0 Å². The van der Waals surface area contributed by atoms with Gasteiger partial charge >= 0.3 is 0 Å². The SMILES string of the molecule is [C-]#[N+]c1cc(Cl)c(-c2ccccc2F)nc1Cl. The molecule has 0 aliphatic carbocycles. The lowest BCUT2D eigenvalue weighted by Crippen LogP contribution is -1.89. The number of benzene rings is 1. The molecule has 2 aromatic rings. The first kappa shape index (κ1) is 11.8. The number of nitrogens with zero attached hydrogens (tertiary/aromatic N) is 2. The fourth-order valence-electron chi connectivity index (χ4n) is 1.38. The Hall–Kier alpha value is -1.63. The first-order valence-electron chi connectivity index (χ1n) is 4.62. The molecule has 0 amide bonds. The molecular formula is C12H5Cl2FN2. The second-order valence-electron chi connectivity index (χ2n) is 3.22. The number of aromatic nitrogens is 1. The lowest BCUT2D eigenvalue weighted by Gasteiger charge is -2.06. The van der Waals surface area contributed by atoms with Crippen molar-refractivity contribution in [2.75, 3.05) is 0 Å². The molecule has 0 fully saturated rings. The Kier molecular flexibility index (Phi) is 3.28. The maximum atomic E-state index is 13.6. The van der Waals surface area contributed by atoms with Crippen molar-refractivity contribution in [2.45, 2.75) is 0 Å². The minimum Gasteiger partial charge on any atom is -0.246 e. The number of halogens is 3. The number of rotatable bonds is 1. The van der Waals surface area contributed by atoms with Gasteiger partial charge in [-0.3, -0.25) is 0 Å². The van der Waals surface area contributed by atoms with Crippen molar-refractivity contribution >= 4 is 28.9 Å². The standard InChI is InChI=1S/C12H5Cl2FN2/c1-16-10-6-8(13)11(17-12(10)14)7-4-2-3-5-9(7)15/h2-6H. The Morgan fingerprint density at radius 3 is 2.59 bits per heavy atom. The van der Waals surface area contributed by atoms with Crippen LogP contribution in [0.4, 0.5) is 10.1 Å². The molecule has 5 heteroatoms. The van der Waals surface area contributed by atoms with E-state index in [1.165, 1.54) is 12.1 Å². The minimum atomic E-state index is -0.437. The van der Waals surface area contributed by atoms with Gasteiger partial charge in [-0.2, -0.15) is 0 Å². The van der Waals surface area contributed by atoms with Crippen molar-refractivity contribution in [1.82, 2.24) is 4.98 Å². The van der Waals surface area contributed by atoms with Crippen LogP contribution in [0.2, 0.25) is 10.2 Å². The van der Waals surface area contributed by atoms with Crippen LogP contribution in [0.15, 0.2) is 30.3 Å². The monoisotopic (exact) mass is 266 g/mol. The van der Waals surface area contributed by atoms with Gasteiger partial charge in [0.15, 0.2) is 0 Å². The Morgan fingerprint density at radius 2 is 1.94 bits per heavy atom. The van der Waals surface area contributed by atoms with Gasteiger partial charge in [-0.05, 0) is 18.2 Å². The molecule has 1 aromatic heterocycles. The van der Waals surface area contributed by atoms with Crippen molar-refractivity contribution in [3.8, 4) is 11.3 Å². The predicted octanol–water partition coefficient (Wildman–Crippen LogP) is 4.75. The largest absolute Gasteiger partial charge is 0.246 e. The van der Waals surface area contributed by atoms with Crippen molar-refractivity contribution in [1.29, 1.82) is 0 Å². The number of hydrogen-bond acceptors (Lipinski definition) is 1. The van der Waals surface area contributed by atoms with E-state index in [1.807, 2.05) is 0 Å². The van der Waals surface area contributed by atoms with E-state index in [1.54, 1.807) is 18.2 Å². The molecule has 0 aliphatic rings. The molecule has 2 rings (SSSR count). The van der Waals surface area contributed by atoms with E-state index < -0.39 is 5.82 Å². The number of pyridine rings is 1. The van der Waals surface area contributed by atoms with E-state index in [0.717, 1.165) is 0 Å². The summed E-state index contributed by atoms with van der Waals surface area (Å²) in [5.41, 5.74) is 0.648. The molecule has 84 valence electrons. The third kappa shape index (κ3) is 2.23. The summed E-state index contributed by atoms with van der Waals surface area (Å²) in [6, 6.07) is 7.49. The highest BCUT2D eigenvalue weighted by Crippen LogP contribution is 2.34. The summed E-state index contributed by atoms with van der Waals surface area (Å²) in [5, 5.41) is 0.216. The summed E-state index contributed by atoms with van der Waals surface area (Å²) in [4.78, 5) is 7.12. The summed E-state index contributed by atoms with van der Waals surface area (Å²) in [6.07, 6.45) is 0. The Morgan fingerprint density at radius 1 is 1.24 bits per heavy atom. The third-order valence-electron chi connectivity index (χ3n) is 2.16. The molecule has 0 bridgehead atoms. The summed E-state index contributed by atoms with van der Waals surface area (Å²) >= 11 is 11.8. The molecule has 2 nitrogen and oxygen atoms in total. The molecular weight excluding hydrogens is 262 g/mol. The highest BCUT2D eigenvalue weighted by Gasteiger charge is 2.13. The van der Waals surface area contributed by atoms with Crippen LogP contribution in [-0.4, -0.2) is 4.98 Å². The van der Waals surface area contributed by atoms with Gasteiger partial charge < -0.3 is 0 Å². The molecule has 1 heterocycles. The zero-order chi connectivity index (χ0) is 12.4. The quantitative estimate of drug-likeness (QED) is 0.538. The topological polar surface area (TPSA) is 17.2 Å². The van der Waals surface area contributed by atoms with Crippen LogP contribution in [0, 0.1) is 12.4 Å². The van der Waals surface area contributed by atoms with Crippen molar-refractivity contribution in [3.63, 3.8) is 0 Å². The van der Waals surface area contributed by atoms with Gasteiger partial charge in [0.25, 0.3) is 0 Å². The van der Waals surface area contributed by atoms with Gasteiger partial charge in [0.2, 0.25) is 5.69 Å². The molecule has 0 atom stereocenters. The molecule has 0 unspecified atom stereocenters. The van der Waals surface area contributed by atoms with Crippen LogP contribution >= 0.6 is 23.2 Å². The van der Waals surface area contributed by atoms with E-state index in [9.17, 15) is 4.39 Å². The first-order valence-corrected chi connectivity index (χ1v) is 5.37. The molecule has 0 saturated carbocycles. The third-order valence-corrected chi connectivity index (χ3v) is 2.73. The van der Waals surface area contributed by atoms with Gasteiger partial charge in [-0.15, -0.1) is 0 Å². The van der Waals surface area contributed by atoms with E-state index in [0.29, 0.717) is 0 Å². The van der Waals surface area contributed by atoms with E-state index in [2.05, 4.69) is 9.83 Å². The van der Waals surface area contributed by atoms with Crippen LogP contribution in [0.5, 0.6) is 0 Å². The summed E-state index contributed by atoms with van der Waals surface area (Å²) in [6.45, 7) is 6.87. The van der Waals surface area contributed by atoms with Gasteiger partial charge in [-0.1, -0.05) is 35.3 Å². The molecule has 0 aliphatic heterocycles. The van der Waals surface area contributed by atoms with E-state index in [4.69, 9.17) is 29.8 Å². The second-order valence-corrected chi connectivity index (χ2v) is 3.99. The fraction of sp³-hybridized carbons (Fsp3) is 0. The number of hydrogen-bond donors (Lipinski definition) is 0. The normalized spacial score (nSPS) is 10.0. The lowest BCUT2D eigenvalue weighted by atomic mass is 10.1. The first-order chi connectivity index (χ1) is 8.13. The summed E-state index contributed by atoms with van der Waals surface area (Å²) in [5.74, 6) is -0.437. The van der Waals surface area contributed by atoms with Crippen LogP contribution in [0.1, 0.15) is 0 Å². The average molecular weight is 267 g/mol. The van der Waals surface area contributed by atoms with Crippen LogP contribution in [0.25, 0.3) is 16.1 Å². The maximum absolute atomic E-state index is 13.6. The van der Waals surface area contributed by atoms with E-state index >= 15 is 0 Å². The highest BCUT2D eigenvalue weighted by atomic mass is 35.5. The second kappa shape index (κ2) is 4.70. The predicted molar refractivity (Wildman–Crippen MR) is 65.9 cm³/mol. The van der Waals surface area contributed by atoms with Crippen LogP contribution < -0.4 is 0 Å². The molecule has 17 heavy (non-hydrogen) atoms. The summed E-state index contributed by atoms with van der Waals surface area (Å²) in [7, 11) is 0. The Balaban J connectivity index is 2.66. The van der Waals surface area contributed by atoms with Gasteiger partial charge in [0.05, 0.1) is 17.3 Å². The molecule has 0 radical (unpaired) electrons.